The van der Waals surface area contributed by atoms with Crippen LogP contribution in [0.15, 0.2) is 24.3 Å². The van der Waals surface area contributed by atoms with Crippen LogP contribution in [-0.4, -0.2) is 6.61 Å². The predicted octanol–water partition coefficient (Wildman–Crippen LogP) is 1.16. The molecule has 11 heavy (non-hydrogen) atoms. The molecule has 0 atom stereocenters. The van der Waals surface area contributed by atoms with Gasteiger partial charge in [0.1, 0.15) is 0 Å². The van der Waals surface area contributed by atoms with Crippen LogP contribution in [0.4, 0.5) is 14.5 Å². The van der Waals surface area contributed by atoms with Gasteiger partial charge in [0.05, 0.1) is 0 Å². The first kappa shape index (κ1) is 7.94. The van der Waals surface area contributed by atoms with Gasteiger partial charge in [-0.1, -0.05) is 12.1 Å². The Balaban J connectivity index is 2.78. The summed E-state index contributed by atoms with van der Waals surface area (Å²) >= 11 is 0. The smallest absolute Gasteiger partial charge is 0.387 e. The molecule has 0 radical (unpaired) electrons. The first-order valence-corrected chi connectivity index (χ1v) is 3.06. The highest BCUT2D eigenvalue weighted by molar-refractivity contribution is 5.43. The Morgan fingerprint density at radius 2 is 1.91 bits per heavy atom. The van der Waals surface area contributed by atoms with Gasteiger partial charge in [-0.05, 0) is 6.07 Å². The molecular formula is C7H8F2NO+. The van der Waals surface area contributed by atoms with E-state index < -0.39 is 6.61 Å². The van der Waals surface area contributed by atoms with Crippen molar-refractivity contribution in [3.63, 3.8) is 0 Å². The van der Waals surface area contributed by atoms with Crippen LogP contribution in [0.5, 0.6) is 5.75 Å². The Kier molecular flexibility index (Phi) is 2.38. The second kappa shape index (κ2) is 3.30. The number of quaternary nitrogens is 1. The highest BCUT2D eigenvalue weighted by Gasteiger charge is 2.07. The maximum atomic E-state index is 11.7. The Hall–Kier alpha value is -1.16. The molecule has 4 heteroatoms. The molecule has 60 valence electrons. The minimum atomic E-state index is -2.78. The Bertz CT molecular complexity index is 240. The van der Waals surface area contributed by atoms with E-state index in [0.717, 1.165) is 0 Å². The van der Waals surface area contributed by atoms with E-state index in [1.54, 1.807) is 18.2 Å². The van der Waals surface area contributed by atoms with Crippen molar-refractivity contribution in [3.8, 4) is 5.75 Å². The predicted molar refractivity (Wildman–Crippen MR) is 35.6 cm³/mol. The van der Waals surface area contributed by atoms with Gasteiger partial charge in [-0.3, -0.25) is 0 Å². The number of hydrogen-bond acceptors (Lipinski definition) is 1. The van der Waals surface area contributed by atoms with Crippen LogP contribution in [0.2, 0.25) is 0 Å². The fourth-order valence-corrected chi connectivity index (χ4v) is 0.715. The van der Waals surface area contributed by atoms with Gasteiger partial charge < -0.3 is 10.5 Å². The lowest BCUT2D eigenvalue weighted by atomic mass is 10.3. The van der Waals surface area contributed by atoms with Crippen LogP contribution in [0.3, 0.4) is 0 Å². The number of ether oxygens (including phenoxy) is 1. The second-order valence-corrected chi connectivity index (χ2v) is 1.99. The van der Waals surface area contributed by atoms with Crippen LogP contribution in [0.1, 0.15) is 0 Å². The zero-order valence-corrected chi connectivity index (χ0v) is 5.76. The molecule has 0 amide bonds. The van der Waals surface area contributed by atoms with Crippen molar-refractivity contribution in [1.29, 1.82) is 0 Å². The summed E-state index contributed by atoms with van der Waals surface area (Å²) in [6.45, 7) is -2.78. The topological polar surface area (TPSA) is 36.9 Å². The highest BCUT2D eigenvalue weighted by Crippen LogP contribution is 2.19. The molecule has 1 aromatic rings. The molecule has 1 aromatic carbocycles. The standard InChI is InChI=1S/C7H7F2NO/c8-7(9)11-6-4-2-1-3-5(6)10/h1-4,7H,10H2/p+1. The summed E-state index contributed by atoms with van der Waals surface area (Å²) in [6.07, 6.45) is 0. The van der Waals surface area contributed by atoms with Gasteiger partial charge >= 0.3 is 6.61 Å². The lowest BCUT2D eigenvalue weighted by molar-refractivity contribution is -0.258. The summed E-state index contributed by atoms with van der Waals surface area (Å²) < 4.78 is 27.5. The van der Waals surface area contributed by atoms with E-state index in [0.29, 0.717) is 5.69 Å². The van der Waals surface area contributed by atoms with E-state index in [2.05, 4.69) is 10.5 Å². The van der Waals surface area contributed by atoms with E-state index in [1.165, 1.54) is 6.07 Å². The van der Waals surface area contributed by atoms with Crippen molar-refractivity contribution in [2.24, 2.45) is 0 Å². The quantitative estimate of drug-likeness (QED) is 0.692. The third-order valence-electron chi connectivity index (χ3n) is 1.19. The SMILES string of the molecule is [NH3+]c1ccccc1OC(F)F. The van der Waals surface area contributed by atoms with E-state index in [-0.39, 0.29) is 5.75 Å². The summed E-state index contributed by atoms with van der Waals surface area (Å²) in [4.78, 5) is 0. The second-order valence-electron chi connectivity index (χ2n) is 1.99. The number of benzene rings is 1. The lowest BCUT2D eigenvalue weighted by Gasteiger charge is -2.03. The lowest BCUT2D eigenvalue weighted by Crippen LogP contribution is -2.40. The maximum Gasteiger partial charge on any atom is 0.387 e. The number of hydrogen-bond donors (Lipinski definition) is 1. The fourth-order valence-electron chi connectivity index (χ4n) is 0.715. The molecule has 0 aliphatic carbocycles. The molecule has 0 saturated heterocycles. The molecule has 0 fully saturated rings. The Morgan fingerprint density at radius 3 is 2.45 bits per heavy atom. The maximum absolute atomic E-state index is 11.7. The van der Waals surface area contributed by atoms with Crippen LogP contribution in [-0.2, 0) is 0 Å². The van der Waals surface area contributed by atoms with Gasteiger partial charge in [-0.25, -0.2) is 0 Å². The molecular weight excluding hydrogens is 152 g/mol. The average Bonchev–Trinajstić information content (AvgIpc) is 1.93. The van der Waals surface area contributed by atoms with E-state index in [9.17, 15) is 8.78 Å². The molecule has 0 bridgehead atoms. The van der Waals surface area contributed by atoms with Gasteiger partial charge in [-0.2, -0.15) is 8.78 Å². The van der Waals surface area contributed by atoms with Gasteiger partial charge in [0.15, 0.2) is 11.4 Å². The molecule has 0 spiro atoms. The van der Waals surface area contributed by atoms with Crippen molar-refractivity contribution in [3.05, 3.63) is 24.3 Å². The van der Waals surface area contributed by atoms with Crippen LogP contribution < -0.4 is 10.5 Å². The highest BCUT2D eigenvalue weighted by atomic mass is 19.3. The van der Waals surface area contributed by atoms with E-state index in [1.807, 2.05) is 0 Å². The Labute approximate surface area is 62.6 Å². The number of rotatable bonds is 2. The summed E-state index contributed by atoms with van der Waals surface area (Å²) in [5.41, 5.74) is 3.98. The van der Waals surface area contributed by atoms with Crippen LogP contribution in [0, 0.1) is 0 Å². The van der Waals surface area contributed by atoms with Crippen LogP contribution in [0.25, 0.3) is 0 Å². The third kappa shape index (κ3) is 2.16. The first-order valence-electron chi connectivity index (χ1n) is 3.06. The number of halogens is 2. The molecule has 3 N–H and O–H groups in total. The molecule has 2 nitrogen and oxygen atoms in total. The zero-order chi connectivity index (χ0) is 8.27. The number of alkyl halides is 2. The summed E-state index contributed by atoms with van der Waals surface area (Å²) in [5, 5.41) is 0. The molecule has 0 aliphatic rings. The summed E-state index contributed by atoms with van der Waals surface area (Å²) in [7, 11) is 0. The molecule has 0 aromatic heterocycles. The molecule has 0 aliphatic heterocycles. The van der Waals surface area contributed by atoms with Gasteiger partial charge in [0.25, 0.3) is 0 Å². The van der Waals surface area contributed by atoms with Crippen LogP contribution >= 0.6 is 0 Å². The van der Waals surface area contributed by atoms with Gasteiger partial charge in [0, 0.05) is 6.07 Å². The van der Waals surface area contributed by atoms with Gasteiger partial charge in [0.2, 0.25) is 0 Å². The van der Waals surface area contributed by atoms with Crippen molar-refractivity contribution < 1.29 is 19.3 Å². The molecule has 1 rings (SSSR count). The summed E-state index contributed by atoms with van der Waals surface area (Å²) in [6, 6.07) is 6.39. The van der Waals surface area contributed by atoms with E-state index >= 15 is 0 Å². The first-order chi connectivity index (χ1) is 5.20. The Morgan fingerprint density at radius 1 is 1.27 bits per heavy atom. The molecule has 0 unspecified atom stereocenters. The minimum Gasteiger partial charge on any atom is -0.428 e. The van der Waals surface area contributed by atoms with Crippen molar-refractivity contribution in [2.45, 2.75) is 6.61 Å². The third-order valence-corrected chi connectivity index (χ3v) is 1.19. The zero-order valence-electron chi connectivity index (χ0n) is 5.76. The van der Waals surface area contributed by atoms with Gasteiger partial charge in [-0.15, -0.1) is 0 Å². The average molecular weight is 160 g/mol. The van der Waals surface area contributed by atoms with E-state index in [4.69, 9.17) is 0 Å². The fraction of sp³-hybridized carbons (Fsp3) is 0.143. The van der Waals surface area contributed by atoms with Crippen molar-refractivity contribution in [2.75, 3.05) is 0 Å². The van der Waals surface area contributed by atoms with Crippen molar-refractivity contribution in [1.82, 2.24) is 0 Å². The number of para-hydroxylation sites is 1. The van der Waals surface area contributed by atoms with Crippen molar-refractivity contribution >= 4 is 5.69 Å². The summed E-state index contributed by atoms with van der Waals surface area (Å²) in [5.74, 6) is 0.127. The minimum absolute atomic E-state index is 0.127. The molecule has 0 heterocycles. The largest absolute Gasteiger partial charge is 0.428 e. The monoisotopic (exact) mass is 160 g/mol. The normalized spacial score (nSPS) is 10.2. The molecule has 0 saturated carbocycles.